The van der Waals surface area contributed by atoms with Crippen molar-refractivity contribution in [1.82, 2.24) is 32.9 Å². The maximum absolute atomic E-state index is 13.5. The molecule has 0 radical (unpaired) electrons. The van der Waals surface area contributed by atoms with E-state index in [0.29, 0.717) is 92.0 Å². The molecule has 0 unspecified atom stereocenters. The number of nitrogens with one attached hydrogen (secondary N) is 1. The second-order valence-electron chi connectivity index (χ2n) is 24.1. The zero-order valence-corrected chi connectivity index (χ0v) is 66.6. The third kappa shape index (κ3) is 22.6. The number of hydrogen-bond acceptors (Lipinski definition) is 28. The average molecular weight is 1780 g/mol. The molecule has 0 aliphatic carbocycles. The van der Waals surface area contributed by atoms with Crippen molar-refractivity contribution in [2.75, 3.05) is 109 Å². The van der Waals surface area contributed by atoms with Gasteiger partial charge in [0.25, 0.3) is 6.08 Å². The van der Waals surface area contributed by atoms with Gasteiger partial charge in [-0.15, -0.1) is 0 Å². The van der Waals surface area contributed by atoms with Crippen molar-refractivity contribution in [3.05, 3.63) is 152 Å². The Morgan fingerprint density at radius 1 is 0.586 bits per heavy atom. The molecule has 6 aromatic carbocycles. The SMILES string of the molecule is F[C@@H]1CCNC1.Nc1cccc(Oc2ccc3c(c2)C2=NCCN2C=N3)c1Cl.O=C1OCCN1S(=O)(=O)Cc1cccc(Oc2ccc3c(c2)C2=NCCN2C=N3)c1Cl.O=C1OCCN1S(=O)(=O)Cl.O=C=NS(=O)(=O)Cl.O=S(=O)(Cc1cccc(Oc2ccc3c(c2)C2=NCCN2C=N3)c1Cl)N1CC[C@@H](F)C1.OCCBr. The molecule has 44 heteroatoms. The maximum atomic E-state index is 13.5. The Morgan fingerprint density at radius 2 is 1.01 bits per heavy atom. The van der Waals surface area contributed by atoms with Gasteiger partial charge in [-0.25, -0.2) is 59.3 Å². The number of sulfonamides is 2. The molecule has 16 rings (SSSR count). The van der Waals surface area contributed by atoms with Crippen LogP contribution in [-0.2, 0) is 64.3 Å². The molecule has 10 aliphatic rings. The topological polar surface area (TPSA) is 398 Å². The van der Waals surface area contributed by atoms with Crippen LogP contribution in [0.5, 0.6) is 34.5 Å². The molecular formula is C67H67BrCl5F2N15O17S4. The highest BCUT2D eigenvalue weighted by Gasteiger charge is 2.36. The summed E-state index contributed by atoms with van der Waals surface area (Å²) in [5.74, 6) is 4.84. The van der Waals surface area contributed by atoms with Gasteiger partial charge in [-0.3, -0.25) is 15.0 Å². The number of isocyanates is 1. The van der Waals surface area contributed by atoms with E-state index in [1.807, 2.05) is 69.6 Å². The van der Waals surface area contributed by atoms with Crippen molar-refractivity contribution in [2.45, 2.75) is 36.7 Å². The quantitative estimate of drug-likeness (QED) is 0.0283. The highest BCUT2D eigenvalue weighted by molar-refractivity contribution is 9.09. The smallest absolute Gasteiger partial charge is 0.424 e. The summed E-state index contributed by atoms with van der Waals surface area (Å²) in [4.78, 5) is 64.1. The summed E-state index contributed by atoms with van der Waals surface area (Å²) in [7, 11) is -6.29. The van der Waals surface area contributed by atoms with Crippen molar-refractivity contribution in [3.63, 3.8) is 0 Å². The van der Waals surface area contributed by atoms with E-state index in [2.05, 4.69) is 71.0 Å². The van der Waals surface area contributed by atoms with Gasteiger partial charge in [0.05, 0.1) is 103 Å². The van der Waals surface area contributed by atoms with E-state index in [-0.39, 0.29) is 68.2 Å². The van der Waals surface area contributed by atoms with Crippen LogP contribution in [0.1, 0.15) is 40.7 Å². The normalized spacial score (nSPS) is 18.1. The molecule has 0 aromatic heterocycles. The molecule has 4 saturated heterocycles. The van der Waals surface area contributed by atoms with Gasteiger partial charge in [0.15, 0.2) is 0 Å². The number of anilines is 1. The number of halogens is 8. The number of rotatable bonds is 15. The summed E-state index contributed by atoms with van der Waals surface area (Å²) in [6.07, 6.45) is 3.61. The molecule has 10 heterocycles. The van der Waals surface area contributed by atoms with Gasteiger partial charge in [-0.2, -0.15) is 25.4 Å². The summed E-state index contributed by atoms with van der Waals surface area (Å²) >= 11 is 22.1. The van der Waals surface area contributed by atoms with Gasteiger partial charge in [0, 0.05) is 82.7 Å². The lowest BCUT2D eigenvalue weighted by Crippen LogP contribution is -2.32. The third-order valence-corrected chi connectivity index (χ3v) is 23.4. The number of benzene rings is 6. The van der Waals surface area contributed by atoms with E-state index >= 15 is 0 Å². The number of hydrogen-bond donors (Lipinski definition) is 3. The summed E-state index contributed by atoms with van der Waals surface area (Å²) in [5.41, 5.74) is 12.2. The van der Waals surface area contributed by atoms with Crippen LogP contribution < -0.4 is 25.3 Å². The number of aliphatic imine (C=N–C) groups is 6. The predicted octanol–water partition coefficient (Wildman–Crippen LogP) is 10.8. The third-order valence-electron chi connectivity index (χ3n) is 16.5. The first kappa shape index (κ1) is 84.8. The van der Waals surface area contributed by atoms with E-state index in [0.717, 1.165) is 94.4 Å². The second-order valence-corrected chi connectivity index (χ2v) is 34.5. The molecule has 111 heavy (non-hydrogen) atoms. The first-order valence-corrected chi connectivity index (χ1v) is 43.3. The molecule has 6 aromatic rings. The number of carbonyl (C=O) groups excluding carboxylic acids is 3. The standard InChI is InChI=1S/C21H20ClFN4O3S.C20H17ClN4O5S.C16H13ClN4O.C4H8FN.C3H4ClNO4S.C2H5BrO.CClNO3S/c22-20-14(12-31(28,29)27-8-6-15(23)11-27)2-1-3-19(20)30-16-4-5-18-17(10-16)21-24-7-9-26(21)13-25-18;21-18-13(11-31(27,28)25-8-9-29-20(25)26)2-1-3-17(18)30-14-4-5-16-15(10-14)19-22-6-7-24(19)12-23-16;17-15-12(18)2-1-3-14(15)22-10-4-5-13-11(8-10)16-19-6-7-21(16)9-20-13;5-4-1-2-6-3-4;4-10(7,8)5-1-2-9-3(5)6;3-1-2-4;2-7(5,6)3-1-4/h1-5,10,13,15H,6-9,11-12H2;1-5,10,12H,6-9,11H2;1-5,8-9H,6-7,18H2;4,6H,1-3H2;1-2H2;4H,1-2H2;/t15-;;;4-;;;/m1..1.../s1. The van der Waals surface area contributed by atoms with E-state index in [1.54, 1.807) is 73.3 Å². The van der Waals surface area contributed by atoms with Crippen LogP contribution in [-0.4, -0.2) is 237 Å². The lowest BCUT2D eigenvalue weighted by atomic mass is 10.1. The number of fused-ring (bicyclic) bond motifs is 9. The van der Waals surface area contributed by atoms with E-state index in [1.165, 1.54) is 4.31 Å². The Labute approximate surface area is 668 Å². The van der Waals surface area contributed by atoms with Gasteiger partial charge >= 0.3 is 30.7 Å². The molecule has 32 nitrogen and oxygen atoms in total. The van der Waals surface area contributed by atoms with Crippen LogP contribution in [0.3, 0.4) is 0 Å². The fourth-order valence-corrected chi connectivity index (χ4v) is 16.2. The molecule has 0 saturated carbocycles. The summed E-state index contributed by atoms with van der Waals surface area (Å²) < 4.78 is 147. The summed E-state index contributed by atoms with van der Waals surface area (Å²) in [5, 5.41) is 12.2. The monoisotopic (exact) mass is 1770 g/mol. The van der Waals surface area contributed by atoms with Crippen LogP contribution in [0, 0.1) is 0 Å². The highest BCUT2D eigenvalue weighted by atomic mass is 79.9. The largest absolute Gasteiger partial charge is 0.456 e. The Hall–Kier alpha value is -8.67. The molecule has 2 amide bonds. The highest BCUT2D eigenvalue weighted by Crippen LogP contribution is 2.41. The predicted molar refractivity (Wildman–Crippen MR) is 420 cm³/mol. The van der Waals surface area contributed by atoms with Gasteiger partial charge in [0.2, 0.25) is 20.0 Å². The molecule has 4 fully saturated rings. The van der Waals surface area contributed by atoms with Crippen LogP contribution in [0.25, 0.3) is 0 Å². The number of aliphatic hydroxyl groups excluding tert-OH is 1. The molecule has 2 atom stereocenters. The number of amides is 2. The van der Waals surface area contributed by atoms with Crippen molar-refractivity contribution in [1.29, 1.82) is 0 Å². The molecule has 10 aliphatic heterocycles. The average Bonchev–Trinajstić information content (AvgIpc) is 1.75. The van der Waals surface area contributed by atoms with E-state index < -0.39 is 68.8 Å². The number of amidine groups is 3. The summed E-state index contributed by atoms with van der Waals surface area (Å²) in [6, 6.07) is 31.9. The molecule has 592 valence electrons. The number of carbonyl (C=O) groups is 2. The maximum Gasteiger partial charge on any atom is 0.424 e. The van der Waals surface area contributed by atoms with Gasteiger partial charge in [0.1, 0.15) is 82.6 Å². The van der Waals surface area contributed by atoms with E-state index in [4.69, 9.17) is 80.1 Å². The summed E-state index contributed by atoms with van der Waals surface area (Å²) in [6.45, 7) is 6.53. The molecule has 0 bridgehead atoms. The Morgan fingerprint density at radius 3 is 1.34 bits per heavy atom. The number of alkyl halides is 3. The minimum Gasteiger partial charge on any atom is -0.456 e. The zero-order valence-electron chi connectivity index (χ0n) is 57.9. The number of nitrogens with zero attached hydrogens (tertiary/aromatic N) is 13. The van der Waals surface area contributed by atoms with Crippen LogP contribution >= 0.6 is 72.1 Å². The van der Waals surface area contributed by atoms with Gasteiger partial charge < -0.3 is 54.5 Å². The Balaban J connectivity index is 0.000000152. The zero-order chi connectivity index (χ0) is 79.8. The van der Waals surface area contributed by atoms with Gasteiger partial charge in [-0.05, 0) is 109 Å². The fraction of sp³-hybridized carbons (Fsp3) is 0.328. The number of aliphatic hydroxyl groups is 1. The molecule has 0 spiro atoms. The lowest BCUT2D eigenvalue weighted by Gasteiger charge is -2.21. The Bertz CT molecular complexity index is 5210. The minimum atomic E-state index is -4.00. The van der Waals surface area contributed by atoms with Crippen molar-refractivity contribution in [2.24, 2.45) is 34.4 Å². The Kier molecular flexibility index (Phi) is 29.2. The molecular weight excluding hydrogens is 1710 g/mol. The number of nitrogens with two attached hydrogens (primary N) is 1. The van der Waals surface area contributed by atoms with Crippen molar-refractivity contribution in [3.8, 4) is 34.5 Å². The van der Waals surface area contributed by atoms with Crippen LogP contribution in [0.4, 0.5) is 41.1 Å². The first-order chi connectivity index (χ1) is 52.9. The van der Waals surface area contributed by atoms with Gasteiger partial charge in [-0.1, -0.05) is 85.5 Å². The number of cyclic esters (lactones) is 2. The van der Waals surface area contributed by atoms with Crippen molar-refractivity contribution >= 4 is 188 Å². The minimum absolute atomic E-state index is 0.00463. The van der Waals surface area contributed by atoms with Crippen LogP contribution in [0.15, 0.2) is 144 Å². The second kappa shape index (κ2) is 38.2. The number of nitrogen functional groups attached to an aromatic ring is 1. The van der Waals surface area contributed by atoms with E-state index in [9.17, 15) is 52.0 Å². The fourth-order valence-electron chi connectivity index (χ4n) is 11.3. The van der Waals surface area contributed by atoms with Crippen molar-refractivity contribution < 1.29 is 85.6 Å². The number of ether oxygens (including phenoxy) is 5. The lowest BCUT2D eigenvalue weighted by molar-refractivity contribution is 0.169. The van der Waals surface area contributed by atoms with Crippen LogP contribution in [0.2, 0.25) is 15.1 Å². The molecule has 4 N–H and O–H groups in total. The first-order valence-electron chi connectivity index (χ1n) is 33.3.